The third-order valence-corrected chi connectivity index (χ3v) is 1.67. The van der Waals surface area contributed by atoms with Crippen LogP contribution in [-0.4, -0.2) is 25.3 Å². The summed E-state index contributed by atoms with van der Waals surface area (Å²) in [4.78, 5) is 0. The van der Waals surface area contributed by atoms with Crippen molar-refractivity contribution in [2.24, 2.45) is 5.41 Å². The number of aliphatic hydroxyl groups excluding tert-OH is 1. The molecule has 0 aromatic carbocycles. The first-order valence-corrected chi connectivity index (χ1v) is 3.88. The fourth-order valence-electron chi connectivity index (χ4n) is 1.12. The van der Waals surface area contributed by atoms with Crippen molar-refractivity contribution in [1.29, 1.82) is 0 Å². The van der Waals surface area contributed by atoms with Crippen LogP contribution < -0.4 is 5.32 Å². The predicted octanol–water partition coefficient (Wildman–Crippen LogP) is 1.00. The van der Waals surface area contributed by atoms with Gasteiger partial charge in [-0.25, -0.2) is 0 Å². The number of hydrogen-bond acceptors (Lipinski definition) is 2. The van der Waals surface area contributed by atoms with Crippen molar-refractivity contribution in [3.63, 3.8) is 0 Å². The number of rotatable bonds is 5. The van der Waals surface area contributed by atoms with Crippen molar-refractivity contribution in [2.75, 3.05) is 20.2 Å². The zero-order valence-electron chi connectivity index (χ0n) is 7.28. The molecule has 0 amide bonds. The second kappa shape index (κ2) is 4.69. The molecule has 0 radical (unpaired) electrons. The summed E-state index contributed by atoms with van der Waals surface area (Å²) in [7, 11) is 1.96. The average molecular weight is 145 g/mol. The van der Waals surface area contributed by atoms with E-state index in [9.17, 15) is 0 Å². The summed E-state index contributed by atoms with van der Waals surface area (Å²) in [5, 5.41) is 11.7. The normalized spacial score (nSPS) is 12.0. The maximum absolute atomic E-state index is 8.58. The highest BCUT2D eigenvalue weighted by molar-refractivity contribution is 4.69. The molecule has 10 heavy (non-hydrogen) atoms. The van der Waals surface area contributed by atoms with Gasteiger partial charge in [0.25, 0.3) is 0 Å². The largest absolute Gasteiger partial charge is 0.396 e. The lowest BCUT2D eigenvalue weighted by atomic mass is 9.88. The maximum Gasteiger partial charge on any atom is 0.0431 e. The van der Waals surface area contributed by atoms with E-state index >= 15 is 0 Å². The Labute approximate surface area is 63.6 Å². The molecule has 0 aromatic heterocycles. The highest BCUT2D eigenvalue weighted by Crippen LogP contribution is 2.20. The van der Waals surface area contributed by atoms with Gasteiger partial charge in [0.2, 0.25) is 0 Å². The van der Waals surface area contributed by atoms with Crippen molar-refractivity contribution in [1.82, 2.24) is 5.32 Å². The zero-order chi connectivity index (χ0) is 8.04. The van der Waals surface area contributed by atoms with Gasteiger partial charge >= 0.3 is 0 Å². The van der Waals surface area contributed by atoms with Crippen LogP contribution in [0.25, 0.3) is 0 Å². The van der Waals surface area contributed by atoms with Crippen molar-refractivity contribution in [3.8, 4) is 0 Å². The Kier molecular flexibility index (Phi) is 4.65. The van der Waals surface area contributed by atoms with Gasteiger partial charge in [0, 0.05) is 6.61 Å². The fraction of sp³-hybridized carbons (Fsp3) is 1.00. The molecule has 62 valence electrons. The topological polar surface area (TPSA) is 32.3 Å². The van der Waals surface area contributed by atoms with E-state index in [2.05, 4.69) is 19.2 Å². The molecule has 0 saturated heterocycles. The second-order valence-corrected chi connectivity index (χ2v) is 3.52. The van der Waals surface area contributed by atoms with E-state index < -0.39 is 0 Å². The third-order valence-electron chi connectivity index (χ3n) is 1.67. The minimum Gasteiger partial charge on any atom is -0.396 e. The van der Waals surface area contributed by atoms with Crippen LogP contribution in [0.4, 0.5) is 0 Å². The maximum atomic E-state index is 8.58. The Hall–Kier alpha value is -0.0800. The van der Waals surface area contributed by atoms with Crippen LogP contribution in [0.3, 0.4) is 0 Å². The van der Waals surface area contributed by atoms with E-state index in [1.165, 1.54) is 0 Å². The van der Waals surface area contributed by atoms with Crippen LogP contribution in [0.1, 0.15) is 26.7 Å². The molecule has 2 heteroatoms. The molecule has 0 unspecified atom stereocenters. The van der Waals surface area contributed by atoms with Gasteiger partial charge in [0.15, 0.2) is 0 Å². The molecule has 0 heterocycles. The molecular weight excluding hydrogens is 126 g/mol. The van der Waals surface area contributed by atoms with E-state index in [1.54, 1.807) is 0 Å². The van der Waals surface area contributed by atoms with Crippen molar-refractivity contribution in [2.45, 2.75) is 26.7 Å². The monoisotopic (exact) mass is 145 g/mol. The lowest BCUT2D eigenvalue weighted by Gasteiger charge is -2.23. The molecule has 0 aromatic rings. The lowest BCUT2D eigenvalue weighted by molar-refractivity contribution is 0.239. The smallest absolute Gasteiger partial charge is 0.0431 e. The molecule has 0 aliphatic rings. The van der Waals surface area contributed by atoms with E-state index in [0.29, 0.717) is 12.0 Å². The number of nitrogens with one attached hydrogen (secondary N) is 1. The zero-order valence-corrected chi connectivity index (χ0v) is 7.28. The summed E-state index contributed by atoms with van der Waals surface area (Å²) in [6.07, 6.45) is 2.00. The average Bonchev–Trinajstić information content (AvgIpc) is 1.84. The Bertz CT molecular complexity index is 81.3. The van der Waals surface area contributed by atoms with Crippen LogP contribution in [0.5, 0.6) is 0 Å². The van der Waals surface area contributed by atoms with Gasteiger partial charge in [0.1, 0.15) is 0 Å². The van der Waals surface area contributed by atoms with Crippen molar-refractivity contribution in [3.05, 3.63) is 0 Å². The molecule has 0 fully saturated rings. The molecule has 0 saturated carbocycles. The van der Waals surface area contributed by atoms with Crippen molar-refractivity contribution >= 4 is 0 Å². The minimum absolute atomic E-state index is 0.313. The lowest BCUT2D eigenvalue weighted by Crippen LogP contribution is -2.26. The second-order valence-electron chi connectivity index (χ2n) is 3.52. The van der Waals surface area contributed by atoms with E-state index in [4.69, 9.17) is 5.11 Å². The third kappa shape index (κ3) is 4.77. The number of hydrogen-bond donors (Lipinski definition) is 2. The molecule has 0 rings (SSSR count). The summed E-state index contributed by atoms with van der Waals surface area (Å²) in [6.45, 7) is 5.75. The first kappa shape index (κ1) is 9.92. The minimum atomic E-state index is 0.313. The Morgan fingerprint density at radius 3 is 2.40 bits per heavy atom. The van der Waals surface area contributed by atoms with Gasteiger partial charge in [0.05, 0.1) is 0 Å². The predicted molar refractivity (Wildman–Crippen MR) is 44.0 cm³/mol. The molecule has 0 bridgehead atoms. The van der Waals surface area contributed by atoms with Crippen LogP contribution in [0.15, 0.2) is 0 Å². The Morgan fingerprint density at radius 1 is 1.40 bits per heavy atom. The van der Waals surface area contributed by atoms with Crippen LogP contribution >= 0.6 is 0 Å². The summed E-state index contributed by atoms with van der Waals surface area (Å²) in [6, 6.07) is 0. The summed E-state index contributed by atoms with van der Waals surface area (Å²) < 4.78 is 0. The molecule has 2 N–H and O–H groups in total. The summed E-state index contributed by atoms with van der Waals surface area (Å²) in [5.41, 5.74) is 0.331. The van der Waals surface area contributed by atoms with Crippen molar-refractivity contribution < 1.29 is 5.11 Å². The van der Waals surface area contributed by atoms with E-state index in [-0.39, 0.29) is 0 Å². The van der Waals surface area contributed by atoms with E-state index in [1.807, 2.05) is 7.05 Å². The quantitative estimate of drug-likeness (QED) is 0.605. The summed E-state index contributed by atoms with van der Waals surface area (Å²) in [5.74, 6) is 0. The van der Waals surface area contributed by atoms with Gasteiger partial charge in [-0.1, -0.05) is 13.8 Å². The standard InChI is InChI=1S/C8H19NO/c1-8(2,7-9-3)5-4-6-10/h9-10H,4-7H2,1-3H3. The first-order chi connectivity index (χ1) is 4.62. The SMILES string of the molecule is CNCC(C)(C)CCCO. The molecule has 0 atom stereocenters. The molecular formula is C8H19NO. The Balaban J connectivity index is 3.42. The van der Waals surface area contributed by atoms with Gasteiger partial charge < -0.3 is 10.4 Å². The Morgan fingerprint density at radius 2 is 2.00 bits per heavy atom. The van der Waals surface area contributed by atoms with Crippen LogP contribution in [0.2, 0.25) is 0 Å². The molecule has 0 aliphatic carbocycles. The molecule has 2 nitrogen and oxygen atoms in total. The van der Waals surface area contributed by atoms with E-state index in [0.717, 1.165) is 19.4 Å². The highest BCUT2D eigenvalue weighted by atomic mass is 16.2. The first-order valence-electron chi connectivity index (χ1n) is 3.88. The fourth-order valence-corrected chi connectivity index (χ4v) is 1.12. The number of aliphatic hydroxyl groups is 1. The van der Waals surface area contributed by atoms with Crippen LogP contribution in [-0.2, 0) is 0 Å². The summed E-state index contributed by atoms with van der Waals surface area (Å²) >= 11 is 0. The highest BCUT2D eigenvalue weighted by Gasteiger charge is 2.14. The van der Waals surface area contributed by atoms with Gasteiger partial charge in [-0.3, -0.25) is 0 Å². The van der Waals surface area contributed by atoms with Gasteiger partial charge in [-0.15, -0.1) is 0 Å². The van der Waals surface area contributed by atoms with Crippen LogP contribution in [0, 0.1) is 5.41 Å². The van der Waals surface area contributed by atoms with Gasteiger partial charge in [-0.05, 0) is 31.8 Å². The molecule has 0 aliphatic heterocycles. The van der Waals surface area contributed by atoms with Gasteiger partial charge in [-0.2, -0.15) is 0 Å². The molecule has 0 spiro atoms.